The number of nitrogen functional groups attached to an aromatic ring is 1. The topological polar surface area (TPSA) is 69.6 Å². The molecule has 0 spiro atoms. The molecule has 0 aliphatic carbocycles. The zero-order valence-electron chi connectivity index (χ0n) is 12.0. The van der Waals surface area contributed by atoms with Crippen molar-refractivity contribution in [2.24, 2.45) is 5.92 Å². The van der Waals surface area contributed by atoms with Crippen molar-refractivity contribution in [3.8, 4) is 11.4 Å². The van der Waals surface area contributed by atoms with Gasteiger partial charge in [-0.1, -0.05) is 13.8 Å². The van der Waals surface area contributed by atoms with Gasteiger partial charge in [-0.05, 0) is 60.4 Å². The van der Waals surface area contributed by atoms with Gasteiger partial charge in [0.15, 0.2) is 5.82 Å². The van der Waals surface area contributed by atoms with E-state index in [4.69, 9.17) is 5.73 Å². The van der Waals surface area contributed by atoms with Crippen LogP contribution < -0.4 is 5.73 Å². The summed E-state index contributed by atoms with van der Waals surface area (Å²) >= 11 is 0. The van der Waals surface area contributed by atoms with Crippen LogP contribution in [0.4, 0.5) is 5.69 Å². The first-order valence-electron chi connectivity index (χ1n) is 6.63. The highest BCUT2D eigenvalue weighted by Gasteiger charge is 2.16. The van der Waals surface area contributed by atoms with E-state index in [2.05, 4.69) is 36.3 Å². The van der Waals surface area contributed by atoms with Crippen LogP contribution in [0.15, 0.2) is 18.2 Å². The van der Waals surface area contributed by atoms with Gasteiger partial charge in [0.05, 0.1) is 6.04 Å². The second-order valence-corrected chi connectivity index (χ2v) is 5.50. The molecule has 1 aromatic carbocycles. The van der Waals surface area contributed by atoms with Crippen molar-refractivity contribution in [1.29, 1.82) is 0 Å². The predicted octanol–water partition coefficient (Wildman–Crippen LogP) is 2.84. The maximum atomic E-state index is 5.85. The van der Waals surface area contributed by atoms with Crippen LogP contribution in [-0.4, -0.2) is 20.2 Å². The standard InChI is InChI=1S/C14H21N5/c1-9(2)7-11(4)19-14(16-17-18-19)12-5-6-13(15)10(3)8-12/h5-6,8-9,11H,7,15H2,1-4H3. The van der Waals surface area contributed by atoms with Crippen molar-refractivity contribution in [2.45, 2.75) is 40.2 Å². The van der Waals surface area contributed by atoms with Crippen LogP contribution in [0.5, 0.6) is 0 Å². The van der Waals surface area contributed by atoms with Crippen LogP contribution in [0, 0.1) is 12.8 Å². The van der Waals surface area contributed by atoms with Crippen LogP contribution in [0.2, 0.25) is 0 Å². The van der Waals surface area contributed by atoms with Crippen LogP contribution in [0.1, 0.15) is 38.8 Å². The minimum absolute atomic E-state index is 0.280. The molecule has 0 aliphatic rings. The van der Waals surface area contributed by atoms with Crippen LogP contribution >= 0.6 is 0 Å². The second-order valence-electron chi connectivity index (χ2n) is 5.50. The molecule has 1 unspecified atom stereocenters. The van der Waals surface area contributed by atoms with Gasteiger partial charge in [0.1, 0.15) is 0 Å². The number of aryl methyl sites for hydroxylation is 1. The fourth-order valence-corrected chi connectivity index (χ4v) is 2.28. The van der Waals surface area contributed by atoms with E-state index in [1.54, 1.807) is 0 Å². The fourth-order valence-electron chi connectivity index (χ4n) is 2.28. The summed E-state index contributed by atoms with van der Waals surface area (Å²) in [4.78, 5) is 0. The number of hydrogen-bond donors (Lipinski definition) is 1. The summed E-state index contributed by atoms with van der Waals surface area (Å²) < 4.78 is 1.89. The van der Waals surface area contributed by atoms with E-state index in [0.717, 1.165) is 29.1 Å². The molecule has 0 radical (unpaired) electrons. The summed E-state index contributed by atoms with van der Waals surface area (Å²) in [5, 5.41) is 12.1. The number of nitrogens with zero attached hydrogens (tertiary/aromatic N) is 4. The Bertz CT molecular complexity index is 559. The SMILES string of the molecule is Cc1cc(-c2nnnn2C(C)CC(C)C)ccc1N. The minimum Gasteiger partial charge on any atom is -0.399 e. The van der Waals surface area contributed by atoms with Gasteiger partial charge in [-0.2, -0.15) is 0 Å². The molecule has 0 bridgehead atoms. The molecule has 2 rings (SSSR count). The van der Waals surface area contributed by atoms with E-state index in [0.29, 0.717) is 5.92 Å². The van der Waals surface area contributed by atoms with E-state index in [-0.39, 0.29) is 6.04 Å². The molecule has 1 heterocycles. The van der Waals surface area contributed by atoms with Crippen LogP contribution in [-0.2, 0) is 0 Å². The second kappa shape index (κ2) is 5.38. The number of tetrazole rings is 1. The van der Waals surface area contributed by atoms with E-state index < -0.39 is 0 Å². The summed E-state index contributed by atoms with van der Waals surface area (Å²) in [5.41, 5.74) is 8.69. The highest BCUT2D eigenvalue weighted by molar-refractivity contribution is 5.61. The van der Waals surface area contributed by atoms with E-state index in [1.807, 2.05) is 29.8 Å². The molecule has 0 fully saturated rings. The smallest absolute Gasteiger partial charge is 0.182 e. The molecule has 0 amide bonds. The summed E-state index contributed by atoms with van der Waals surface area (Å²) in [7, 11) is 0. The Hall–Kier alpha value is -1.91. The molecular formula is C14H21N5. The molecule has 1 aromatic heterocycles. The Labute approximate surface area is 113 Å². The van der Waals surface area contributed by atoms with Crippen molar-refractivity contribution in [3.05, 3.63) is 23.8 Å². The summed E-state index contributed by atoms with van der Waals surface area (Å²) in [6.07, 6.45) is 1.05. The summed E-state index contributed by atoms with van der Waals surface area (Å²) in [6, 6.07) is 6.17. The van der Waals surface area contributed by atoms with Gasteiger partial charge in [-0.15, -0.1) is 5.10 Å². The van der Waals surface area contributed by atoms with Gasteiger partial charge in [-0.25, -0.2) is 4.68 Å². The van der Waals surface area contributed by atoms with Crippen molar-refractivity contribution >= 4 is 5.69 Å². The summed E-state index contributed by atoms with van der Waals surface area (Å²) in [6.45, 7) is 8.54. The number of anilines is 1. The quantitative estimate of drug-likeness (QED) is 0.857. The molecular weight excluding hydrogens is 238 g/mol. The zero-order chi connectivity index (χ0) is 14.0. The lowest BCUT2D eigenvalue weighted by molar-refractivity contribution is 0.394. The van der Waals surface area contributed by atoms with Crippen molar-refractivity contribution < 1.29 is 0 Å². The van der Waals surface area contributed by atoms with Crippen molar-refractivity contribution in [1.82, 2.24) is 20.2 Å². The highest BCUT2D eigenvalue weighted by Crippen LogP contribution is 2.25. The Balaban J connectivity index is 2.35. The molecule has 102 valence electrons. The number of hydrogen-bond acceptors (Lipinski definition) is 4. The third-order valence-electron chi connectivity index (χ3n) is 3.25. The molecule has 1 atom stereocenters. The minimum atomic E-state index is 0.280. The maximum absolute atomic E-state index is 5.85. The van der Waals surface area contributed by atoms with Crippen molar-refractivity contribution in [3.63, 3.8) is 0 Å². The predicted molar refractivity (Wildman–Crippen MR) is 76.6 cm³/mol. The monoisotopic (exact) mass is 259 g/mol. The lowest BCUT2D eigenvalue weighted by Crippen LogP contribution is -2.11. The highest BCUT2D eigenvalue weighted by atomic mass is 15.5. The Morgan fingerprint density at radius 3 is 2.63 bits per heavy atom. The summed E-state index contributed by atoms with van der Waals surface area (Å²) in [5.74, 6) is 1.41. The maximum Gasteiger partial charge on any atom is 0.182 e. The van der Waals surface area contributed by atoms with Crippen molar-refractivity contribution in [2.75, 3.05) is 5.73 Å². The van der Waals surface area contributed by atoms with Gasteiger partial charge >= 0.3 is 0 Å². The average Bonchev–Trinajstić information content (AvgIpc) is 2.81. The van der Waals surface area contributed by atoms with Gasteiger partial charge < -0.3 is 5.73 Å². The Kier molecular flexibility index (Phi) is 3.83. The third kappa shape index (κ3) is 2.92. The fraction of sp³-hybridized carbons (Fsp3) is 0.500. The van der Waals surface area contributed by atoms with Gasteiger partial charge in [0, 0.05) is 11.3 Å². The molecule has 0 aliphatic heterocycles. The molecule has 0 saturated carbocycles. The normalized spacial score (nSPS) is 12.9. The van der Waals surface area contributed by atoms with Crippen LogP contribution in [0.3, 0.4) is 0 Å². The first kappa shape index (κ1) is 13.5. The van der Waals surface area contributed by atoms with Gasteiger partial charge in [0.2, 0.25) is 0 Å². The first-order valence-corrected chi connectivity index (χ1v) is 6.63. The van der Waals surface area contributed by atoms with E-state index >= 15 is 0 Å². The number of aromatic nitrogens is 4. The average molecular weight is 259 g/mol. The molecule has 2 aromatic rings. The molecule has 5 nitrogen and oxygen atoms in total. The number of benzene rings is 1. The van der Waals surface area contributed by atoms with Gasteiger partial charge in [0.25, 0.3) is 0 Å². The van der Waals surface area contributed by atoms with E-state index in [1.165, 1.54) is 0 Å². The first-order chi connectivity index (χ1) is 8.99. The molecule has 19 heavy (non-hydrogen) atoms. The lowest BCUT2D eigenvalue weighted by atomic mass is 10.0. The van der Waals surface area contributed by atoms with Crippen LogP contribution in [0.25, 0.3) is 11.4 Å². The molecule has 0 saturated heterocycles. The number of nitrogens with two attached hydrogens (primary N) is 1. The zero-order valence-corrected chi connectivity index (χ0v) is 12.0. The number of rotatable bonds is 4. The Morgan fingerprint density at radius 2 is 2.00 bits per heavy atom. The van der Waals surface area contributed by atoms with Gasteiger partial charge in [-0.3, -0.25) is 0 Å². The Morgan fingerprint density at radius 1 is 1.26 bits per heavy atom. The molecule has 2 N–H and O–H groups in total. The molecule has 5 heteroatoms. The third-order valence-corrected chi connectivity index (χ3v) is 3.25. The lowest BCUT2D eigenvalue weighted by Gasteiger charge is -2.15. The largest absolute Gasteiger partial charge is 0.399 e. The van der Waals surface area contributed by atoms with E-state index in [9.17, 15) is 0 Å².